The summed E-state index contributed by atoms with van der Waals surface area (Å²) in [7, 11) is 1.95. The molecule has 2 amide bonds. The summed E-state index contributed by atoms with van der Waals surface area (Å²) < 4.78 is 19.7. The second kappa shape index (κ2) is 16.1. The number of ether oxygens (including phenoxy) is 3. The Kier molecular flexibility index (Phi) is 12.6. The second-order valence-electron chi connectivity index (χ2n) is 10.4. The van der Waals surface area contributed by atoms with Crippen LogP contribution < -0.4 is 48.9 Å². The van der Waals surface area contributed by atoms with Crippen LogP contribution in [0, 0.1) is 0 Å². The molecule has 226 valence electrons. The summed E-state index contributed by atoms with van der Waals surface area (Å²) in [6, 6.07) is 25.0. The Bertz CT molecular complexity index is 1480. The van der Waals surface area contributed by atoms with Crippen molar-refractivity contribution in [2.75, 3.05) is 0 Å². The average Bonchev–Trinajstić information content (AvgIpc) is 2.97. The first-order valence-corrected chi connectivity index (χ1v) is 14.4. The smallest absolute Gasteiger partial charge is 0.426 e. The molecule has 0 aliphatic carbocycles. The zero-order chi connectivity index (χ0) is 30.0. The van der Waals surface area contributed by atoms with E-state index in [-0.39, 0.29) is 42.9 Å². The maximum absolute atomic E-state index is 13.1. The number of carbonyl (C=O) groups is 2. The van der Waals surface area contributed by atoms with Crippen molar-refractivity contribution in [3.63, 3.8) is 0 Å². The number of hydrazine groups is 1. The molecule has 0 radical (unpaired) electrons. The molecule has 9 nitrogen and oxygen atoms in total. The van der Waals surface area contributed by atoms with Gasteiger partial charge in [-0.25, -0.2) is 19.8 Å². The molecule has 0 atom stereocenters. The number of aryl methyl sites for hydroxylation is 1. The number of benzene rings is 2. The predicted molar refractivity (Wildman–Crippen MR) is 160 cm³/mol. The van der Waals surface area contributed by atoms with Gasteiger partial charge in [0.05, 0.1) is 5.69 Å². The Morgan fingerprint density at radius 3 is 2.02 bits per heavy atom. The number of halogens is 1. The van der Waals surface area contributed by atoms with Gasteiger partial charge >= 0.3 is 6.09 Å². The van der Waals surface area contributed by atoms with Crippen LogP contribution >= 0.6 is 11.8 Å². The van der Waals surface area contributed by atoms with Gasteiger partial charge in [-0.2, -0.15) is 0 Å². The molecule has 2 N–H and O–H groups in total. The molecule has 2 aromatic carbocycles. The van der Waals surface area contributed by atoms with Gasteiger partial charge in [0, 0.05) is 28.8 Å². The average molecular weight is 715 g/mol. The number of pyridine rings is 2. The van der Waals surface area contributed by atoms with Crippen LogP contribution in [0.5, 0.6) is 11.5 Å². The van der Waals surface area contributed by atoms with E-state index in [9.17, 15) is 9.59 Å². The predicted octanol–water partition coefficient (Wildman–Crippen LogP) is 2.53. The van der Waals surface area contributed by atoms with Gasteiger partial charge in [-0.3, -0.25) is 10.2 Å². The van der Waals surface area contributed by atoms with Crippen molar-refractivity contribution in [3.8, 4) is 11.5 Å². The first-order chi connectivity index (χ1) is 20.2. The number of carbonyl (C=O) groups excluding carboxylic acids is 2. The molecule has 2 heterocycles. The van der Waals surface area contributed by atoms with Crippen LogP contribution in [0.4, 0.5) is 4.79 Å². The Morgan fingerprint density at radius 2 is 1.44 bits per heavy atom. The Labute approximate surface area is 273 Å². The van der Waals surface area contributed by atoms with Crippen molar-refractivity contribution in [3.05, 3.63) is 114 Å². The Balaban J connectivity index is 0.00000506. The number of nitrogens with one attached hydrogen (secondary N) is 2. The van der Waals surface area contributed by atoms with Crippen molar-refractivity contribution in [2.45, 2.75) is 50.2 Å². The monoisotopic (exact) mass is 714 g/mol. The van der Waals surface area contributed by atoms with Gasteiger partial charge in [-0.05, 0) is 31.9 Å². The Morgan fingerprint density at radius 1 is 0.860 bits per heavy atom. The summed E-state index contributed by atoms with van der Waals surface area (Å²) in [6.45, 7) is 5.74. The minimum atomic E-state index is -0.785. The van der Waals surface area contributed by atoms with Crippen LogP contribution in [-0.2, 0) is 30.8 Å². The fraction of sp³-hybridized carbons (Fsp3) is 0.250. The van der Waals surface area contributed by atoms with E-state index >= 15 is 0 Å². The van der Waals surface area contributed by atoms with Gasteiger partial charge in [0.1, 0.15) is 31.6 Å². The van der Waals surface area contributed by atoms with Crippen molar-refractivity contribution >= 4 is 23.8 Å². The summed E-state index contributed by atoms with van der Waals surface area (Å²) in [4.78, 5) is 30.9. The van der Waals surface area contributed by atoms with Gasteiger partial charge in [0.2, 0.25) is 0 Å². The van der Waals surface area contributed by atoms with E-state index in [1.165, 1.54) is 6.07 Å². The first-order valence-electron chi connectivity index (χ1n) is 13.4. The number of hydrogen-bond acceptors (Lipinski definition) is 7. The number of nitrogens with zero attached hydrogens (tertiary/aromatic N) is 2. The highest BCUT2D eigenvalue weighted by molar-refractivity contribution is 7.98. The molecule has 4 rings (SSSR count). The molecule has 0 aliphatic heterocycles. The van der Waals surface area contributed by atoms with Crippen LogP contribution in [0.3, 0.4) is 0 Å². The van der Waals surface area contributed by atoms with Crippen LogP contribution in [-0.4, -0.2) is 22.6 Å². The second-order valence-corrected chi connectivity index (χ2v) is 11.4. The number of aromatic nitrogens is 2. The zero-order valence-electron chi connectivity index (χ0n) is 24.5. The first kappa shape index (κ1) is 33.7. The molecule has 2 aromatic heterocycles. The third-order valence-electron chi connectivity index (χ3n) is 5.71. The van der Waals surface area contributed by atoms with E-state index in [4.69, 9.17) is 14.2 Å². The van der Waals surface area contributed by atoms with Crippen molar-refractivity contribution in [1.82, 2.24) is 15.8 Å². The van der Waals surface area contributed by atoms with Gasteiger partial charge in [-0.15, -0.1) is 11.8 Å². The summed E-state index contributed by atoms with van der Waals surface area (Å²) in [5.74, 6) is 0.584. The van der Waals surface area contributed by atoms with Crippen molar-refractivity contribution in [1.29, 1.82) is 0 Å². The fourth-order valence-corrected chi connectivity index (χ4v) is 4.53. The molecular weight excluding hydrogens is 679 g/mol. The van der Waals surface area contributed by atoms with E-state index in [2.05, 4.69) is 15.8 Å². The molecule has 0 bridgehead atoms. The lowest BCUT2D eigenvalue weighted by Crippen LogP contribution is -3.00. The van der Waals surface area contributed by atoms with E-state index in [1.807, 2.05) is 96.8 Å². The van der Waals surface area contributed by atoms with Crippen LogP contribution in [0.1, 0.15) is 48.1 Å². The molecule has 43 heavy (non-hydrogen) atoms. The van der Waals surface area contributed by atoms with Crippen molar-refractivity contribution in [2.24, 2.45) is 7.05 Å². The number of thioether (sulfide) groups is 1. The molecule has 4 aromatic rings. The fourth-order valence-electron chi connectivity index (χ4n) is 3.71. The van der Waals surface area contributed by atoms with E-state index in [0.717, 1.165) is 16.0 Å². The molecular formula is C32H35IN4O5S. The lowest BCUT2D eigenvalue weighted by atomic mass is 10.2. The largest absolute Gasteiger partial charge is 1.00 e. The lowest BCUT2D eigenvalue weighted by molar-refractivity contribution is -0.671. The van der Waals surface area contributed by atoms with Crippen molar-refractivity contribution < 1.29 is 52.3 Å². The molecule has 0 spiro atoms. The third kappa shape index (κ3) is 11.1. The van der Waals surface area contributed by atoms with Crippen LogP contribution in [0.2, 0.25) is 0 Å². The third-order valence-corrected chi connectivity index (χ3v) is 6.73. The van der Waals surface area contributed by atoms with Gasteiger partial charge in [0.15, 0.2) is 23.9 Å². The molecule has 11 heteroatoms. The number of amides is 2. The highest BCUT2D eigenvalue weighted by Crippen LogP contribution is 2.36. The van der Waals surface area contributed by atoms with Crippen LogP contribution in [0.25, 0.3) is 0 Å². The zero-order valence-corrected chi connectivity index (χ0v) is 27.5. The Hall–Kier alpha value is -3.84. The molecule has 0 saturated carbocycles. The van der Waals surface area contributed by atoms with E-state index in [1.54, 1.807) is 32.5 Å². The maximum Gasteiger partial charge on any atom is 0.426 e. The topological polar surface area (TPSA) is 103 Å². The standard InChI is InChI=1S/C32H34N4O5S.HI/c1-32(2,3)41-31(38)35-34-30(37)26-19-28(39-20-23-11-7-5-8-12-23)29(40-21-24-13-9-6-10-14-24)27(33-26)22-42-25-15-17-36(4)18-16-25;/h5-19H,20-22H2,1-4H3,(H-,33,34,35,37,38);1H. The molecule has 0 unspecified atom stereocenters. The number of hydrogen-bond donors (Lipinski definition) is 2. The SMILES string of the molecule is C[n+]1ccc(SCc2nc(C(=O)NNC(=O)OC(C)(C)C)cc(OCc3ccccc3)c2OCc2ccccc2)cc1.[I-]. The molecule has 0 saturated heterocycles. The van der Waals surface area contributed by atoms with Gasteiger partial charge in [0.25, 0.3) is 5.91 Å². The lowest BCUT2D eigenvalue weighted by Gasteiger charge is -2.20. The molecule has 0 fully saturated rings. The number of rotatable bonds is 10. The minimum absolute atomic E-state index is 0. The van der Waals surface area contributed by atoms with Gasteiger partial charge < -0.3 is 38.2 Å². The maximum atomic E-state index is 13.1. The van der Waals surface area contributed by atoms with Gasteiger partial charge in [-0.1, -0.05) is 60.7 Å². The minimum Gasteiger partial charge on any atom is -1.00 e. The molecule has 0 aliphatic rings. The summed E-state index contributed by atoms with van der Waals surface area (Å²) in [5.41, 5.74) is 6.44. The quantitative estimate of drug-likeness (QED) is 0.113. The normalized spacial score (nSPS) is 10.7. The summed E-state index contributed by atoms with van der Waals surface area (Å²) >= 11 is 1.55. The van der Waals surface area contributed by atoms with Crippen LogP contribution in [0.15, 0.2) is 96.2 Å². The van der Waals surface area contributed by atoms with E-state index < -0.39 is 17.6 Å². The summed E-state index contributed by atoms with van der Waals surface area (Å²) in [5, 5.41) is 0. The highest BCUT2D eigenvalue weighted by Gasteiger charge is 2.22. The highest BCUT2D eigenvalue weighted by atomic mass is 127. The van der Waals surface area contributed by atoms with E-state index in [0.29, 0.717) is 22.9 Å². The summed E-state index contributed by atoms with van der Waals surface area (Å²) in [6.07, 6.45) is 3.14.